The van der Waals surface area contributed by atoms with Crippen LogP contribution in [-0.2, 0) is 22.6 Å². The van der Waals surface area contributed by atoms with Gasteiger partial charge in [-0.3, -0.25) is 9.78 Å². The molecule has 1 aliphatic heterocycles. The van der Waals surface area contributed by atoms with Crippen LogP contribution in [0.4, 0.5) is 0 Å². The van der Waals surface area contributed by atoms with Gasteiger partial charge in [-0.25, -0.2) is 4.98 Å². The van der Waals surface area contributed by atoms with Crippen molar-refractivity contribution >= 4 is 40.0 Å². The SMILES string of the molecule is Cc1nnc(SC[C@H]2O[C@@H](c3ccc(-c4ccccc4CNC(=O)c4cnc5ccccc5n4)cc3)O[C@@H](c3ccc(CO)cc3)[C@H]2C)s1. The van der Waals surface area contributed by atoms with E-state index in [1.807, 2.05) is 85.8 Å². The molecule has 3 heterocycles. The van der Waals surface area contributed by atoms with Gasteiger partial charge in [0.25, 0.3) is 5.91 Å². The molecule has 0 aliphatic carbocycles. The number of fused-ring (bicyclic) bond motifs is 1. The zero-order chi connectivity index (χ0) is 33.7. The number of nitrogens with one attached hydrogen (secondary N) is 1. The van der Waals surface area contributed by atoms with Gasteiger partial charge >= 0.3 is 0 Å². The predicted octanol–water partition coefficient (Wildman–Crippen LogP) is 7.46. The maximum Gasteiger partial charge on any atom is 0.271 e. The van der Waals surface area contributed by atoms with Gasteiger partial charge in [-0.15, -0.1) is 10.2 Å². The second-order valence-corrected chi connectivity index (χ2v) is 14.4. The average molecular weight is 690 g/mol. The second-order valence-electron chi connectivity index (χ2n) is 11.9. The largest absolute Gasteiger partial charge is 0.392 e. The monoisotopic (exact) mass is 689 g/mol. The maximum atomic E-state index is 13.0. The number of ether oxygens (including phenoxy) is 2. The van der Waals surface area contributed by atoms with E-state index in [4.69, 9.17) is 9.47 Å². The number of aryl methyl sites for hydroxylation is 1. The number of amides is 1. The lowest BCUT2D eigenvalue weighted by Crippen LogP contribution is -2.38. The van der Waals surface area contributed by atoms with E-state index in [0.717, 1.165) is 48.2 Å². The fraction of sp³-hybridized carbons (Fsp3) is 0.237. The number of carbonyl (C=O) groups excluding carboxylic acids is 1. The Morgan fingerprint density at radius 1 is 0.898 bits per heavy atom. The quantitative estimate of drug-likeness (QED) is 0.141. The van der Waals surface area contributed by atoms with E-state index >= 15 is 0 Å². The zero-order valence-corrected chi connectivity index (χ0v) is 28.7. The highest BCUT2D eigenvalue weighted by Gasteiger charge is 2.38. The van der Waals surface area contributed by atoms with Gasteiger partial charge in [0.2, 0.25) is 0 Å². The number of hydrogen-bond acceptors (Lipinski definition) is 10. The summed E-state index contributed by atoms with van der Waals surface area (Å²) in [5.41, 5.74) is 7.52. The predicted molar refractivity (Wildman–Crippen MR) is 191 cm³/mol. The summed E-state index contributed by atoms with van der Waals surface area (Å²) in [5.74, 6) is 0.501. The van der Waals surface area contributed by atoms with Crippen molar-refractivity contribution in [2.24, 2.45) is 5.92 Å². The summed E-state index contributed by atoms with van der Waals surface area (Å²) >= 11 is 3.23. The molecule has 49 heavy (non-hydrogen) atoms. The Labute approximate surface area is 292 Å². The van der Waals surface area contributed by atoms with Gasteiger partial charge in [0.1, 0.15) is 10.7 Å². The minimum absolute atomic E-state index is 0.00535. The van der Waals surface area contributed by atoms with Crippen molar-refractivity contribution in [3.05, 3.63) is 136 Å². The van der Waals surface area contributed by atoms with Crippen molar-refractivity contribution in [3.8, 4) is 11.1 Å². The summed E-state index contributed by atoms with van der Waals surface area (Å²) in [4.78, 5) is 21.9. The topological polar surface area (TPSA) is 119 Å². The highest BCUT2D eigenvalue weighted by molar-refractivity contribution is 8.01. The molecule has 1 amide bonds. The van der Waals surface area contributed by atoms with Crippen LogP contribution in [0.5, 0.6) is 0 Å². The number of aliphatic hydroxyl groups excluding tert-OH is 1. The number of nitrogens with zero attached hydrogens (tertiary/aromatic N) is 4. The van der Waals surface area contributed by atoms with E-state index in [1.165, 1.54) is 6.20 Å². The van der Waals surface area contributed by atoms with E-state index in [0.29, 0.717) is 17.8 Å². The number of aliphatic hydroxyl groups is 1. The number of benzene rings is 4. The molecule has 1 saturated heterocycles. The van der Waals surface area contributed by atoms with E-state index < -0.39 is 6.29 Å². The minimum atomic E-state index is -0.577. The van der Waals surface area contributed by atoms with Gasteiger partial charge in [0.05, 0.1) is 36.0 Å². The first kappa shape index (κ1) is 33.0. The van der Waals surface area contributed by atoms with Crippen LogP contribution in [0.3, 0.4) is 0 Å². The molecule has 4 aromatic carbocycles. The van der Waals surface area contributed by atoms with Gasteiger partial charge in [0.15, 0.2) is 10.6 Å². The van der Waals surface area contributed by atoms with E-state index in [-0.39, 0.29) is 36.3 Å². The van der Waals surface area contributed by atoms with Crippen LogP contribution in [0, 0.1) is 12.8 Å². The first-order chi connectivity index (χ1) is 23.9. The van der Waals surface area contributed by atoms with Crippen LogP contribution < -0.4 is 5.32 Å². The van der Waals surface area contributed by atoms with Gasteiger partial charge in [0, 0.05) is 23.8 Å². The molecule has 6 aromatic rings. The number of thioether (sulfide) groups is 1. The fourth-order valence-electron chi connectivity index (χ4n) is 5.91. The normalized spacial score (nSPS) is 19.2. The Kier molecular flexibility index (Phi) is 10.1. The molecule has 248 valence electrons. The van der Waals surface area contributed by atoms with E-state index in [2.05, 4.69) is 50.6 Å². The zero-order valence-electron chi connectivity index (χ0n) is 27.0. The van der Waals surface area contributed by atoms with E-state index in [1.54, 1.807) is 23.1 Å². The van der Waals surface area contributed by atoms with Gasteiger partial charge in [-0.05, 0) is 46.9 Å². The molecule has 0 radical (unpaired) electrons. The molecule has 2 N–H and O–H groups in total. The van der Waals surface area contributed by atoms with Crippen molar-refractivity contribution in [1.82, 2.24) is 25.5 Å². The molecule has 4 atom stereocenters. The minimum Gasteiger partial charge on any atom is -0.392 e. The van der Waals surface area contributed by atoms with Gasteiger partial charge in [-0.2, -0.15) is 0 Å². The van der Waals surface area contributed by atoms with Crippen molar-refractivity contribution in [3.63, 3.8) is 0 Å². The molecule has 7 rings (SSSR count). The Morgan fingerprint density at radius 3 is 2.39 bits per heavy atom. The molecule has 2 aromatic heterocycles. The van der Waals surface area contributed by atoms with Gasteiger partial charge in [-0.1, -0.05) is 115 Å². The molecule has 9 nitrogen and oxygen atoms in total. The lowest BCUT2D eigenvalue weighted by atomic mass is 9.91. The summed E-state index contributed by atoms with van der Waals surface area (Å²) in [6.07, 6.45) is 0.622. The van der Waals surface area contributed by atoms with Crippen molar-refractivity contribution in [2.75, 3.05) is 5.75 Å². The van der Waals surface area contributed by atoms with Crippen molar-refractivity contribution < 1.29 is 19.4 Å². The fourth-order valence-corrected chi connectivity index (χ4v) is 7.91. The molecule has 0 bridgehead atoms. The summed E-state index contributed by atoms with van der Waals surface area (Å²) in [6, 6.07) is 31.7. The Balaban J connectivity index is 1.08. The summed E-state index contributed by atoms with van der Waals surface area (Å²) in [7, 11) is 0. The molecule has 1 fully saturated rings. The highest BCUT2D eigenvalue weighted by Crippen LogP contribution is 2.43. The Morgan fingerprint density at radius 2 is 1.63 bits per heavy atom. The third-order valence-corrected chi connectivity index (χ3v) is 10.7. The smallest absolute Gasteiger partial charge is 0.271 e. The standard InChI is InChI=1S/C38H35N5O4S2/c1-23-34(22-48-38-43-42-24(2)49-38)46-37(47-35(23)27-13-11-25(21-44)12-14-27)28-17-15-26(16-18-28)30-8-4-3-7-29(30)19-40-36(45)33-20-39-31-9-5-6-10-32(31)41-33/h3-18,20,23,34-35,37,44H,19,21-22H2,1-2H3,(H,40,45)/t23-,34+,35+,37+/m0/s1. The van der Waals surface area contributed by atoms with Crippen LogP contribution in [0.2, 0.25) is 0 Å². The molecule has 1 aliphatic rings. The van der Waals surface area contributed by atoms with E-state index in [9.17, 15) is 9.90 Å². The van der Waals surface area contributed by atoms with Crippen molar-refractivity contribution in [2.45, 2.75) is 49.8 Å². The number of carbonyl (C=O) groups is 1. The molecule has 11 heteroatoms. The number of hydrogen-bond donors (Lipinski definition) is 2. The van der Waals surface area contributed by atoms with Crippen LogP contribution in [0.25, 0.3) is 22.2 Å². The van der Waals surface area contributed by atoms with Crippen LogP contribution >= 0.6 is 23.1 Å². The lowest BCUT2D eigenvalue weighted by molar-refractivity contribution is -0.268. The number of rotatable bonds is 10. The maximum absolute atomic E-state index is 13.0. The third kappa shape index (κ3) is 7.56. The second kappa shape index (κ2) is 14.9. The third-order valence-electron chi connectivity index (χ3n) is 8.63. The molecular weight excluding hydrogens is 655 g/mol. The molecule has 0 spiro atoms. The molecule has 0 saturated carbocycles. The van der Waals surface area contributed by atoms with Crippen LogP contribution in [0.15, 0.2) is 108 Å². The summed E-state index contributed by atoms with van der Waals surface area (Å²) in [6.45, 7) is 4.44. The van der Waals surface area contributed by atoms with Crippen LogP contribution in [-0.4, -0.2) is 43.0 Å². The van der Waals surface area contributed by atoms with Gasteiger partial charge < -0.3 is 19.9 Å². The average Bonchev–Trinajstić information content (AvgIpc) is 3.58. The Bertz CT molecular complexity index is 2050. The first-order valence-electron chi connectivity index (χ1n) is 16.1. The van der Waals surface area contributed by atoms with Crippen molar-refractivity contribution in [1.29, 1.82) is 0 Å². The number of para-hydroxylation sites is 2. The molecule has 0 unspecified atom stereocenters. The summed E-state index contributed by atoms with van der Waals surface area (Å²) in [5, 5.41) is 22.0. The molecular formula is C38H35N5O4S2. The lowest BCUT2D eigenvalue weighted by Gasteiger charge is -2.41. The highest BCUT2D eigenvalue weighted by atomic mass is 32.2. The Hall–Kier alpha value is -4.52. The summed E-state index contributed by atoms with van der Waals surface area (Å²) < 4.78 is 14.2. The number of aromatic nitrogens is 4. The first-order valence-corrected chi connectivity index (χ1v) is 17.9. The van der Waals surface area contributed by atoms with Crippen LogP contribution in [0.1, 0.15) is 57.1 Å².